The Morgan fingerprint density at radius 2 is 1.97 bits per heavy atom. The van der Waals surface area contributed by atoms with Crippen molar-refractivity contribution in [2.75, 3.05) is 20.2 Å². The Bertz CT molecular complexity index is 871. The van der Waals surface area contributed by atoms with Crippen molar-refractivity contribution < 1.29 is 13.9 Å². The van der Waals surface area contributed by atoms with Gasteiger partial charge >= 0.3 is 0 Å². The molecule has 0 spiro atoms. The minimum Gasteiger partial charge on any atom is -0.439 e. The number of benzene rings is 1. The molecule has 0 radical (unpaired) electrons. The molecule has 3 rings (SSSR count). The molecule has 1 aromatic heterocycles. The molecule has 2 unspecified atom stereocenters. The number of nitrogens with one attached hydrogen (secondary N) is 2. The SMILES string of the molecule is CN=C(NCc1ccnc(Oc2ccc(F)cc2)c1)NCC1CCCOC1C(C)(C)C.I. The molecule has 2 aromatic rings. The fraction of sp³-hybridized carbons (Fsp3) is 0.500. The monoisotopic (exact) mass is 556 g/mol. The molecule has 2 N–H and O–H groups in total. The van der Waals surface area contributed by atoms with Crippen LogP contribution < -0.4 is 15.4 Å². The van der Waals surface area contributed by atoms with Gasteiger partial charge < -0.3 is 20.1 Å². The number of guanidine groups is 1. The Morgan fingerprint density at radius 1 is 1.22 bits per heavy atom. The van der Waals surface area contributed by atoms with Gasteiger partial charge in [-0.3, -0.25) is 4.99 Å². The van der Waals surface area contributed by atoms with E-state index in [-0.39, 0.29) is 41.3 Å². The van der Waals surface area contributed by atoms with Crippen molar-refractivity contribution in [2.24, 2.45) is 16.3 Å². The smallest absolute Gasteiger partial charge is 0.219 e. The molecule has 0 aliphatic carbocycles. The van der Waals surface area contributed by atoms with Gasteiger partial charge in [-0.05, 0) is 54.2 Å². The summed E-state index contributed by atoms with van der Waals surface area (Å²) in [7, 11) is 1.77. The second kappa shape index (κ2) is 12.3. The third-order valence-electron chi connectivity index (χ3n) is 5.35. The topological polar surface area (TPSA) is 67.8 Å². The van der Waals surface area contributed by atoms with E-state index in [1.807, 2.05) is 12.1 Å². The van der Waals surface area contributed by atoms with Crippen molar-refractivity contribution in [1.29, 1.82) is 0 Å². The fourth-order valence-corrected chi connectivity index (χ4v) is 3.88. The van der Waals surface area contributed by atoms with Gasteiger partial charge in [-0.25, -0.2) is 9.37 Å². The lowest BCUT2D eigenvalue weighted by molar-refractivity contribution is -0.0835. The van der Waals surface area contributed by atoms with E-state index in [2.05, 4.69) is 41.4 Å². The minimum absolute atomic E-state index is 0. The maximum absolute atomic E-state index is 13.1. The molecule has 32 heavy (non-hydrogen) atoms. The Labute approximate surface area is 207 Å². The highest BCUT2D eigenvalue weighted by atomic mass is 127. The van der Waals surface area contributed by atoms with Crippen molar-refractivity contribution in [1.82, 2.24) is 15.6 Å². The normalized spacial score (nSPS) is 19.1. The summed E-state index contributed by atoms with van der Waals surface area (Å²) < 4.78 is 24.8. The first-order valence-corrected chi connectivity index (χ1v) is 10.8. The van der Waals surface area contributed by atoms with Crippen molar-refractivity contribution >= 4 is 29.9 Å². The van der Waals surface area contributed by atoms with Crippen LogP contribution in [0.15, 0.2) is 47.6 Å². The zero-order chi connectivity index (χ0) is 22.3. The number of nitrogens with zero attached hydrogens (tertiary/aromatic N) is 2. The molecule has 0 bridgehead atoms. The van der Waals surface area contributed by atoms with Gasteiger partial charge in [0.1, 0.15) is 11.6 Å². The van der Waals surface area contributed by atoms with Gasteiger partial charge in [-0.1, -0.05) is 20.8 Å². The second-order valence-electron chi connectivity index (χ2n) is 8.92. The first kappa shape index (κ1) is 26.3. The lowest BCUT2D eigenvalue weighted by atomic mass is 9.78. The number of aliphatic imine (C=N–C) groups is 1. The van der Waals surface area contributed by atoms with Crippen LogP contribution in [-0.4, -0.2) is 37.2 Å². The van der Waals surface area contributed by atoms with Crippen molar-refractivity contribution in [2.45, 2.75) is 46.3 Å². The first-order valence-electron chi connectivity index (χ1n) is 10.8. The second-order valence-corrected chi connectivity index (χ2v) is 8.92. The molecule has 176 valence electrons. The Hall–Kier alpha value is -1.94. The van der Waals surface area contributed by atoms with Gasteiger partial charge in [0, 0.05) is 44.9 Å². The molecule has 1 aliphatic rings. The van der Waals surface area contributed by atoms with Crippen LogP contribution in [0.4, 0.5) is 4.39 Å². The van der Waals surface area contributed by atoms with E-state index in [0.717, 1.165) is 37.5 Å². The van der Waals surface area contributed by atoms with Gasteiger partial charge in [0.15, 0.2) is 5.96 Å². The predicted molar refractivity (Wildman–Crippen MR) is 136 cm³/mol. The van der Waals surface area contributed by atoms with Crippen LogP contribution in [0.1, 0.15) is 39.2 Å². The number of aromatic nitrogens is 1. The quantitative estimate of drug-likeness (QED) is 0.293. The Kier molecular flexibility index (Phi) is 10.1. The summed E-state index contributed by atoms with van der Waals surface area (Å²) >= 11 is 0. The van der Waals surface area contributed by atoms with E-state index in [0.29, 0.717) is 24.1 Å². The van der Waals surface area contributed by atoms with Gasteiger partial charge in [-0.2, -0.15) is 0 Å². The molecule has 1 saturated heterocycles. The number of rotatable bonds is 6. The highest BCUT2D eigenvalue weighted by Crippen LogP contribution is 2.33. The van der Waals surface area contributed by atoms with Gasteiger partial charge in [0.05, 0.1) is 6.10 Å². The molecule has 8 heteroatoms. The van der Waals surface area contributed by atoms with Gasteiger partial charge in [0.25, 0.3) is 0 Å². The summed E-state index contributed by atoms with van der Waals surface area (Å²) in [4.78, 5) is 8.57. The largest absolute Gasteiger partial charge is 0.439 e. The summed E-state index contributed by atoms with van der Waals surface area (Å²) in [5.41, 5.74) is 1.12. The van der Waals surface area contributed by atoms with Crippen LogP contribution >= 0.6 is 24.0 Å². The van der Waals surface area contributed by atoms with E-state index >= 15 is 0 Å². The zero-order valence-corrected chi connectivity index (χ0v) is 21.6. The van der Waals surface area contributed by atoms with Crippen LogP contribution in [0.5, 0.6) is 11.6 Å². The van der Waals surface area contributed by atoms with Crippen LogP contribution in [-0.2, 0) is 11.3 Å². The average molecular weight is 556 g/mol. The lowest BCUT2D eigenvalue weighted by Gasteiger charge is -2.40. The number of hydrogen-bond acceptors (Lipinski definition) is 4. The molecule has 6 nitrogen and oxygen atoms in total. The molecule has 1 aliphatic heterocycles. The minimum atomic E-state index is -0.300. The lowest BCUT2D eigenvalue weighted by Crippen LogP contribution is -2.47. The highest BCUT2D eigenvalue weighted by molar-refractivity contribution is 14.0. The first-order chi connectivity index (χ1) is 14.8. The summed E-state index contributed by atoms with van der Waals surface area (Å²) in [5, 5.41) is 6.79. The summed E-state index contributed by atoms with van der Waals surface area (Å²) in [6.45, 7) is 8.94. The molecule has 2 heterocycles. The van der Waals surface area contributed by atoms with Gasteiger partial charge in [-0.15, -0.1) is 24.0 Å². The standard InChI is InChI=1S/C24H33FN4O2.HI/c1-24(2,3)22-18(6-5-13-30-22)16-29-23(26-4)28-15-17-11-12-27-21(14-17)31-20-9-7-19(25)8-10-20;/h7-12,14,18,22H,5-6,13,15-16H2,1-4H3,(H2,26,28,29);1H. The molecule has 1 fully saturated rings. The molecule has 1 aromatic carbocycles. The summed E-state index contributed by atoms with van der Waals surface area (Å²) in [6.07, 6.45) is 4.18. The Balaban J connectivity index is 0.00000363. The third kappa shape index (κ3) is 7.88. The molecule has 2 atom stereocenters. The van der Waals surface area contributed by atoms with Crippen molar-refractivity contribution in [3.05, 3.63) is 54.0 Å². The molecular weight excluding hydrogens is 522 g/mol. The molecular formula is C24H34FIN4O2. The third-order valence-corrected chi connectivity index (χ3v) is 5.35. The summed E-state index contributed by atoms with van der Waals surface area (Å²) in [5.74, 6) is 1.89. The molecule has 0 amide bonds. The average Bonchev–Trinajstić information content (AvgIpc) is 2.75. The summed E-state index contributed by atoms with van der Waals surface area (Å²) in [6, 6.07) is 9.65. The van der Waals surface area contributed by atoms with Crippen LogP contribution in [0.2, 0.25) is 0 Å². The van der Waals surface area contributed by atoms with E-state index in [4.69, 9.17) is 9.47 Å². The zero-order valence-electron chi connectivity index (χ0n) is 19.2. The van der Waals surface area contributed by atoms with Gasteiger partial charge in [0.2, 0.25) is 5.88 Å². The number of ether oxygens (including phenoxy) is 2. The Morgan fingerprint density at radius 3 is 2.66 bits per heavy atom. The van der Waals surface area contributed by atoms with Crippen LogP contribution in [0, 0.1) is 17.2 Å². The van der Waals surface area contributed by atoms with Crippen molar-refractivity contribution in [3.8, 4) is 11.6 Å². The number of pyridine rings is 1. The van der Waals surface area contributed by atoms with E-state index in [9.17, 15) is 4.39 Å². The number of halogens is 2. The van der Waals surface area contributed by atoms with Crippen LogP contribution in [0.25, 0.3) is 0 Å². The maximum Gasteiger partial charge on any atom is 0.219 e. The maximum atomic E-state index is 13.1. The predicted octanol–water partition coefficient (Wildman–Crippen LogP) is 5.14. The number of hydrogen-bond donors (Lipinski definition) is 2. The molecule has 0 saturated carbocycles. The van der Waals surface area contributed by atoms with Crippen molar-refractivity contribution in [3.63, 3.8) is 0 Å². The van der Waals surface area contributed by atoms with Crippen LogP contribution in [0.3, 0.4) is 0 Å². The fourth-order valence-electron chi connectivity index (χ4n) is 3.88. The highest BCUT2D eigenvalue weighted by Gasteiger charge is 2.35. The van der Waals surface area contributed by atoms with E-state index < -0.39 is 0 Å². The van der Waals surface area contributed by atoms with E-state index in [1.165, 1.54) is 12.1 Å². The van der Waals surface area contributed by atoms with E-state index in [1.54, 1.807) is 25.4 Å².